The smallest absolute Gasteiger partial charge is 0.121 e. The SMILES string of the molecule is COc1ccc(CNc2cnccc2Cl)cc1C. The molecule has 0 aliphatic carbocycles. The summed E-state index contributed by atoms with van der Waals surface area (Å²) >= 11 is 6.05. The third-order valence-corrected chi connectivity index (χ3v) is 3.04. The first-order valence-electron chi connectivity index (χ1n) is 5.67. The van der Waals surface area contributed by atoms with Crippen molar-refractivity contribution in [1.29, 1.82) is 0 Å². The Morgan fingerprint density at radius 3 is 2.83 bits per heavy atom. The van der Waals surface area contributed by atoms with E-state index in [1.54, 1.807) is 25.6 Å². The number of hydrogen-bond acceptors (Lipinski definition) is 3. The van der Waals surface area contributed by atoms with Crippen LogP contribution in [0.3, 0.4) is 0 Å². The topological polar surface area (TPSA) is 34.1 Å². The van der Waals surface area contributed by atoms with Crippen molar-refractivity contribution in [3.8, 4) is 5.75 Å². The lowest BCUT2D eigenvalue weighted by Crippen LogP contribution is -2.01. The van der Waals surface area contributed by atoms with Crippen LogP contribution in [0.15, 0.2) is 36.7 Å². The number of hydrogen-bond donors (Lipinski definition) is 1. The predicted molar refractivity (Wildman–Crippen MR) is 74.3 cm³/mol. The highest BCUT2D eigenvalue weighted by Crippen LogP contribution is 2.22. The number of halogens is 1. The summed E-state index contributed by atoms with van der Waals surface area (Å²) in [5, 5.41) is 3.93. The number of pyridine rings is 1. The average molecular weight is 263 g/mol. The van der Waals surface area contributed by atoms with Crippen molar-refractivity contribution < 1.29 is 4.74 Å². The Balaban J connectivity index is 2.07. The molecule has 0 spiro atoms. The Bertz CT molecular complexity index is 543. The fraction of sp³-hybridized carbons (Fsp3) is 0.214. The van der Waals surface area contributed by atoms with E-state index < -0.39 is 0 Å². The zero-order valence-electron chi connectivity index (χ0n) is 10.4. The molecule has 0 radical (unpaired) electrons. The van der Waals surface area contributed by atoms with Gasteiger partial charge in [0.05, 0.1) is 24.0 Å². The summed E-state index contributed by atoms with van der Waals surface area (Å²) < 4.78 is 5.23. The lowest BCUT2D eigenvalue weighted by atomic mass is 10.1. The molecule has 1 aromatic heterocycles. The van der Waals surface area contributed by atoms with Gasteiger partial charge in [0.2, 0.25) is 0 Å². The third kappa shape index (κ3) is 2.93. The maximum absolute atomic E-state index is 6.05. The zero-order valence-corrected chi connectivity index (χ0v) is 11.2. The number of anilines is 1. The summed E-state index contributed by atoms with van der Waals surface area (Å²) in [4.78, 5) is 4.04. The highest BCUT2D eigenvalue weighted by Gasteiger charge is 2.02. The molecule has 1 aromatic carbocycles. The molecule has 0 saturated carbocycles. The Kier molecular flexibility index (Phi) is 4.05. The Morgan fingerprint density at radius 1 is 1.33 bits per heavy atom. The van der Waals surface area contributed by atoms with Crippen molar-refractivity contribution in [2.75, 3.05) is 12.4 Å². The normalized spacial score (nSPS) is 10.2. The summed E-state index contributed by atoms with van der Waals surface area (Å²) in [6.07, 6.45) is 3.39. The van der Waals surface area contributed by atoms with Crippen molar-refractivity contribution in [3.63, 3.8) is 0 Å². The fourth-order valence-corrected chi connectivity index (χ4v) is 1.93. The molecule has 0 aliphatic heterocycles. The molecule has 4 heteroatoms. The van der Waals surface area contributed by atoms with Gasteiger partial charge in [-0.25, -0.2) is 0 Å². The summed E-state index contributed by atoms with van der Waals surface area (Å²) in [7, 11) is 1.68. The average Bonchev–Trinajstić information content (AvgIpc) is 2.38. The molecule has 18 heavy (non-hydrogen) atoms. The van der Waals surface area contributed by atoms with Crippen LogP contribution < -0.4 is 10.1 Å². The largest absolute Gasteiger partial charge is 0.496 e. The van der Waals surface area contributed by atoms with E-state index in [9.17, 15) is 0 Å². The van der Waals surface area contributed by atoms with E-state index in [1.807, 2.05) is 19.1 Å². The third-order valence-electron chi connectivity index (χ3n) is 2.71. The molecule has 2 aromatic rings. The molecule has 0 saturated heterocycles. The van der Waals surface area contributed by atoms with Gasteiger partial charge >= 0.3 is 0 Å². The number of nitrogens with one attached hydrogen (secondary N) is 1. The van der Waals surface area contributed by atoms with Gasteiger partial charge in [-0.05, 0) is 30.2 Å². The Morgan fingerprint density at radius 2 is 2.17 bits per heavy atom. The number of methoxy groups -OCH3 is 1. The molecule has 0 fully saturated rings. The fourth-order valence-electron chi connectivity index (χ4n) is 1.76. The van der Waals surface area contributed by atoms with E-state index in [2.05, 4.69) is 16.4 Å². The molecular weight excluding hydrogens is 248 g/mol. The summed E-state index contributed by atoms with van der Waals surface area (Å²) in [5.41, 5.74) is 3.13. The molecule has 0 atom stereocenters. The van der Waals surface area contributed by atoms with Crippen molar-refractivity contribution in [3.05, 3.63) is 52.8 Å². The van der Waals surface area contributed by atoms with Crippen LogP contribution in [0.5, 0.6) is 5.75 Å². The van der Waals surface area contributed by atoms with E-state index in [0.717, 1.165) is 17.0 Å². The van der Waals surface area contributed by atoms with E-state index in [4.69, 9.17) is 16.3 Å². The van der Waals surface area contributed by atoms with Gasteiger partial charge < -0.3 is 10.1 Å². The van der Waals surface area contributed by atoms with Crippen LogP contribution in [0.25, 0.3) is 0 Å². The second-order valence-corrected chi connectivity index (χ2v) is 4.42. The van der Waals surface area contributed by atoms with Crippen LogP contribution in [-0.4, -0.2) is 12.1 Å². The lowest BCUT2D eigenvalue weighted by molar-refractivity contribution is 0.411. The summed E-state index contributed by atoms with van der Waals surface area (Å²) in [6, 6.07) is 7.86. The number of aromatic nitrogens is 1. The second-order valence-electron chi connectivity index (χ2n) is 4.01. The summed E-state index contributed by atoms with van der Waals surface area (Å²) in [6.45, 7) is 2.73. The van der Waals surface area contributed by atoms with Crippen molar-refractivity contribution >= 4 is 17.3 Å². The highest BCUT2D eigenvalue weighted by atomic mass is 35.5. The molecule has 0 bridgehead atoms. The van der Waals surface area contributed by atoms with Crippen molar-refractivity contribution in [1.82, 2.24) is 4.98 Å². The van der Waals surface area contributed by atoms with Gasteiger partial charge in [0, 0.05) is 12.7 Å². The number of benzene rings is 1. The van der Waals surface area contributed by atoms with E-state index in [-0.39, 0.29) is 0 Å². The minimum atomic E-state index is 0.676. The maximum atomic E-state index is 6.05. The standard InChI is InChI=1S/C14H15ClN2O/c1-10-7-11(3-4-14(10)18-2)8-17-13-9-16-6-5-12(13)15/h3-7,9,17H,8H2,1-2H3. The number of ether oxygens (including phenoxy) is 1. The number of aryl methyl sites for hydroxylation is 1. The van der Waals surface area contributed by atoms with Gasteiger partial charge in [0.25, 0.3) is 0 Å². The van der Waals surface area contributed by atoms with E-state index in [1.165, 1.54) is 5.56 Å². The second kappa shape index (κ2) is 5.74. The molecular formula is C14H15ClN2O. The predicted octanol–water partition coefficient (Wildman–Crippen LogP) is 3.66. The Hall–Kier alpha value is -1.74. The van der Waals surface area contributed by atoms with E-state index >= 15 is 0 Å². The highest BCUT2D eigenvalue weighted by molar-refractivity contribution is 6.33. The van der Waals surface area contributed by atoms with Crippen LogP contribution in [-0.2, 0) is 6.54 Å². The van der Waals surface area contributed by atoms with Gasteiger partial charge in [-0.15, -0.1) is 0 Å². The van der Waals surface area contributed by atoms with Gasteiger partial charge in [0.15, 0.2) is 0 Å². The van der Waals surface area contributed by atoms with Crippen molar-refractivity contribution in [2.24, 2.45) is 0 Å². The molecule has 0 aliphatic rings. The molecule has 1 heterocycles. The first kappa shape index (κ1) is 12.7. The molecule has 0 unspecified atom stereocenters. The molecule has 2 rings (SSSR count). The number of rotatable bonds is 4. The zero-order chi connectivity index (χ0) is 13.0. The quantitative estimate of drug-likeness (QED) is 0.913. The maximum Gasteiger partial charge on any atom is 0.121 e. The van der Waals surface area contributed by atoms with Crippen LogP contribution in [0.4, 0.5) is 5.69 Å². The van der Waals surface area contributed by atoms with Crippen LogP contribution in [0, 0.1) is 6.92 Å². The lowest BCUT2D eigenvalue weighted by Gasteiger charge is -2.10. The molecule has 0 amide bonds. The van der Waals surface area contributed by atoms with Crippen LogP contribution >= 0.6 is 11.6 Å². The van der Waals surface area contributed by atoms with E-state index in [0.29, 0.717) is 11.6 Å². The van der Waals surface area contributed by atoms with Crippen LogP contribution in [0.1, 0.15) is 11.1 Å². The number of nitrogens with zero attached hydrogens (tertiary/aromatic N) is 1. The van der Waals surface area contributed by atoms with Gasteiger partial charge in [-0.1, -0.05) is 23.7 Å². The minimum Gasteiger partial charge on any atom is -0.496 e. The van der Waals surface area contributed by atoms with Crippen LogP contribution in [0.2, 0.25) is 5.02 Å². The molecule has 94 valence electrons. The van der Waals surface area contributed by atoms with Crippen molar-refractivity contribution in [2.45, 2.75) is 13.5 Å². The van der Waals surface area contributed by atoms with Gasteiger partial charge in [-0.3, -0.25) is 4.98 Å². The van der Waals surface area contributed by atoms with Gasteiger partial charge in [-0.2, -0.15) is 0 Å². The monoisotopic (exact) mass is 262 g/mol. The van der Waals surface area contributed by atoms with Gasteiger partial charge in [0.1, 0.15) is 5.75 Å². The first-order chi connectivity index (χ1) is 8.70. The summed E-state index contributed by atoms with van der Waals surface area (Å²) in [5.74, 6) is 0.901. The first-order valence-corrected chi connectivity index (χ1v) is 6.05. The Labute approximate surface area is 112 Å². The molecule has 3 nitrogen and oxygen atoms in total. The molecule has 1 N–H and O–H groups in total. The minimum absolute atomic E-state index is 0.676.